The summed E-state index contributed by atoms with van der Waals surface area (Å²) in [5.41, 5.74) is 3.56. The lowest BCUT2D eigenvalue weighted by Crippen LogP contribution is -2.44. The molecule has 0 spiro atoms. The van der Waals surface area contributed by atoms with E-state index in [0.29, 0.717) is 24.9 Å². The number of nitrogens with zero attached hydrogens (tertiary/aromatic N) is 2. The second-order valence-corrected chi connectivity index (χ2v) is 8.92. The van der Waals surface area contributed by atoms with E-state index in [1.54, 1.807) is 6.92 Å². The molecule has 1 saturated heterocycles. The van der Waals surface area contributed by atoms with Gasteiger partial charge in [0, 0.05) is 23.5 Å². The van der Waals surface area contributed by atoms with Gasteiger partial charge in [0.25, 0.3) is 5.91 Å². The first kappa shape index (κ1) is 22.5. The summed E-state index contributed by atoms with van der Waals surface area (Å²) >= 11 is 0. The molecule has 1 fully saturated rings. The van der Waals surface area contributed by atoms with Gasteiger partial charge in [-0.05, 0) is 50.8 Å². The summed E-state index contributed by atoms with van der Waals surface area (Å²) in [6, 6.07) is 21.2. The molecule has 0 saturated carbocycles. The molecule has 4 rings (SSSR count). The Morgan fingerprint density at radius 1 is 0.939 bits per heavy atom. The number of carbonyl (C=O) groups is 3. The minimum Gasteiger partial charge on any atom is -0.344 e. The minimum absolute atomic E-state index is 0.238. The Balaban J connectivity index is 1.46. The number of aryl methyl sites for hydroxylation is 2. The normalized spacial score (nSPS) is 18.0. The highest BCUT2D eigenvalue weighted by Crippen LogP contribution is 2.25. The second-order valence-electron chi connectivity index (χ2n) is 8.92. The van der Waals surface area contributed by atoms with E-state index in [1.165, 1.54) is 0 Å². The smallest absolute Gasteiger partial charge is 0.325 e. The van der Waals surface area contributed by atoms with E-state index in [2.05, 4.69) is 9.88 Å². The number of nitrogens with one attached hydrogen (secondary N) is 1. The summed E-state index contributed by atoms with van der Waals surface area (Å²) in [6.45, 7) is 5.99. The zero-order valence-electron chi connectivity index (χ0n) is 19.3. The van der Waals surface area contributed by atoms with Gasteiger partial charge < -0.3 is 9.88 Å². The van der Waals surface area contributed by atoms with Gasteiger partial charge in [-0.2, -0.15) is 0 Å². The summed E-state index contributed by atoms with van der Waals surface area (Å²) < 4.78 is 2.08. The topological polar surface area (TPSA) is 71.4 Å². The molecule has 3 amide bonds. The van der Waals surface area contributed by atoms with Crippen LogP contribution in [0.15, 0.2) is 66.7 Å². The molecule has 3 aromatic rings. The SMILES string of the molecule is Cc1cc(C(=O)CN2C(=O)N[C@@](C)(CCc3ccccc3)C2=O)c(C)n1Cc1ccccc1. The Hall–Kier alpha value is -3.67. The van der Waals surface area contributed by atoms with Gasteiger partial charge in [0.15, 0.2) is 5.78 Å². The zero-order valence-corrected chi connectivity index (χ0v) is 19.3. The first-order valence-electron chi connectivity index (χ1n) is 11.2. The van der Waals surface area contributed by atoms with E-state index in [-0.39, 0.29) is 18.2 Å². The van der Waals surface area contributed by atoms with Crippen LogP contribution < -0.4 is 5.32 Å². The molecule has 1 aliphatic rings. The summed E-state index contributed by atoms with van der Waals surface area (Å²) in [7, 11) is 0. The predicted molar refractivity (Wildman–Crippen MR) is 127 cm³/mol. The van der Waals surface area contributed by atoms with Crippen molar-refractivity contribution in [3.8, 4) is 0 Å². The molecule has 6 heteroatoms. The highest BCUT2D eigenvalue weighted by Gasteiger charge is 2.48. The highest BCUT2D eigenvalue weighted by atomic mass is 16.2. The lowest BCUT2D eigenvalue weighted by Gasteiger charge is -2.21. The van der Waals surface area contributed by atoms with Gasteiger partial charge in [0.05, 0.1) is 6.54 Å². The van der Waals surface area contributed by atoms with Gasteiger partial charge in [-0.15, -0.1) is 0 Å². The average molecular weight is 444 g/mol. The van der Waals surface area contributed by atoms with Crippen LogP contribution in [-0.2, 0) is 17.8 Å². The fraction of sp³-hybridized carbons (Fsp3) is 0.296. The number of carbonyl (C=O) groups excluding carboxylic acids is 3. The van der Waals surface area contributed by atoms with Crippen LogP contribution in [0.4, 0.5) is 4.79 Å². The van der Waals surface area contributed by atoms with Crippen molar-refractivity contribution in [3.05, 3.63) is 94.8 Å². The van der Waals surface area contributed by atoms with Gasteiger partial charge in [-0.3, -0.25) is 14.5 Å². The quantitative estimate of drug-likeness (QED) is 0.417. The Labute approximate surface area is 194 Å². The van der Waals surface area contributed by atoms with Crippen LogP contribution in [0.1, 0.15) is 46.2 Å². The monoisotopic (exact) mass is 443 g/mol. The molecular formula is C27H29N3O3. The number of imide groups is 1. The standard InChI is InChI=1S/C27H29N3O3/c1-19-16-23(20(2)29(19)17-22-12-8-5-9-13-22)24(31)18-30-25(32)27(3,28-26(30)33)15-14-21-10-6-4-7-11-21/h4-13,16H,14-15,17-18H2,1-3H3,(H,28,33)/t27-/m0/s1. The van der Waals surface area contributed by atoms with Crippen molar-refractivity contribution in [2.75, 3.05) is 6.54 Å². The van der Waals surface area contributed by atoms with Crippen LogP contribution in [0.25, 0.3) is 0 Å². The molecule has 33 heavy (non-hydrogen) atoms. The Kier molecular flexibility index (Phi) is 6.18. The number of hydrogen-bond acceptors (Lipinski definition) is 3. The maximum atomic E-state index is 13.1. The predicted octanol–water partition coefficient (Wildman–Crippen LogP) is 4.28. The number of aromatic nitrogens is 1. The van der Waals surface area contributed by atoms with Crippen molar-refractivity contribution in [1.82, 2.24) is 14.8 Å². The van der Waals surface area contributed by atoms with Crippen LogP contribution >= 0.6 is 0 Å². The summed E-state index contributed by atoms with van der Waals surface area (Å²) in [4.78, 5) is 39.9. The van der Waals surface area contributed by atoms with E-state index in [1.807, 2.05) is 80.6 Å². The number of urea groups is 1. The number of ketones is 1. The maximum absolute atomic E-state index is 13.1. The number of benzene rings is 2. The van der Waals surface area contributed by atoms with Crippen LogP contribution in [0.3, 0.4) is 0 Å². The fourth-order valence-corrected chi connectivity index (χ4v) is 4.42. The molecule has 2 heterocycles. The number of hydrogen-bond donors (Lipinski definition) is 1. The van der Waals surface area contributed by atoms with Crippen LogP contribution in [0, 0.1) is 13.8 Å². The molecule has 170 valence electrons. The van der Waals surface area contributed by atoms with E-state index < -0.39 is 11.6 Å². The van der Waals surface area contributed by atoms with E-state index >= 15 is 0 Å². The first-order valence-corrected chi connectivity index (χ1v) is 11.2. The minimum atomic E-state index is -1.02. The lowest BCUT2D eigenvalue weighted by molar-refractivity contribution is -0.130. The Morgan fingerprint density at radius 2 is 1.55 bits per heavy atom. The van der Waals surface area contributed by atoms with Gasteiger partial charge >= 0.3 is 6.03 Å². The Bertz CT molecular complexity index is 1180. The molecule has 1 atom stereocenters. The van der Waals surface area contributed by atoms with Gasteiger partial charge in [-0.1, -0.05) is 60.7 Å². The second kappa shape index (κ2) is 9.06. The molecule has 6 nitrogen and oxygen atoms in total. The van der Waals surface area contributed by atoms with E-state index in [9.17, 15) is 14.4 Å². The summed E-state index contributed by atoms with van der Waals surface area (Å²) in [5.74, 6) is -0.590. The summed E-state index contributed by atoms with van der Waals surface area (Å²) in [6.07, 6.45) is 1.13. The van der Waals surface area contributed by atoms with Gasteiger partial charge in [0.2, 0.25) is 0 Å². The third kappa shape index (κ3) is 4.60. The molecule has 1 aliphatic heterocycles. The first-order chi connectivity index (χ1) is 15.8. The van der Waals surface area contributed by atoms with Crippen molar-refractivity contribution in [3.63, 3.8) is 0 Å². The third-order valence-electron chi connectivity index (χ3n) is 6.46. The number of Topliss-reactive ketones (excluding diaryl/α,β-unsaturated/α-hetero) is 1. The van der Waals surface area contributed by atoms with Crippen LogP contribution in [-0.4, -0.2) is 39.3 Å². The Morgan fingerprint density at radius 3 is 2.18 bits per heavy atom. The van der Waals surface area contributed by atoms with E-state index in [0.717, 1.165) is 27.4 Å². The van der Waals surface area contributed by atoms with Crippen molar-refractivity contribution in [2.24, 2.45) is 0 Å². The molecule has 1 N–H and O–H groups in total. The molecule has 0 unspecified atom stereocenters. The van der Waals surface area contributed by atoms with E-state index in [4.69, 9.17) is 0 Å². The summed E-state index contributed by atoms with van der Waals surface area (Å²) in [5, 5.41) is 2.80. The lowest BCUT2D eigenvalue weighted by atomic mass is 9.93. The number of rotatable bonds is 8. The molecule has 2 aromatic carbocycles. The van der Waals surface area contributed by atoms with Crippen molar-refractivity contribution >= 4 is 17.7 Å². The zero-order chi connectivity index (χ0) is 23.6. The van der Waals surface area contributed by atoms with Crippen molar-refractivity contribution < 1.29 is 14.4 Å². The van der Waals surface area contributed by atoms with Crippen LogP contribution in [0.2, 0.25) is 0 Å². The van der Waals surface area contributed by atoms with Crippen molar-refractivity contribution in [2.45, 2.75) is 45.7 Å². The molecule has 1 aromatic heterocycles. The molecule has 0 bridgehead atoms. The largest absolute Gasteiger partial charge is 0.344 e. The van der Waals surface area contributed by atoms with Gasteiger partial charge in [0.1, 0.15) is 5.54 Å². The van der Waals surface area contributed by atoms with Crippen LogP contribution in [0.5, 0.6) is 0 Å². The molecule has 0 radical (unpaired) electrons. The van der Waals surface area contributed by atoms with Gasteiger partial charge in [-0.25, -0.2) is 4.79 Å². The fourth-order valence-electron chi connectivity index (χ4n) is 4.42. The molecule has 0 aliphatic carbocycles. The third-order valence-corrected chi connectivity index (χ3v) is 6.46. The molecular weight excluding hydrogens is 414 g/mol. The van der Waals surface area contributed by atoms with Crippen molar-refractivity contribution in [1.29, 1.82) is 0 Å². The highest BCUT2D eigenvalue weighted by molar-refractivity contribution is 6.11. The number of amides is 3. The maximum Gasteiger partial charge on any atom is 0.325 e. The average Bonchev–Trinajstić information content (AvgIpc) is 3.21.